The zero-order valence-electron chi connectivity index (χ0n) is 18.0. The molecule has 0 radical (unpaired) electrons. The molecule has 0 bridgehead atoms. The molecule has 5 rings (SSSR count). The molecule has 1 aromatic heterocycles. The van der Waals surface area contributed by atoms with Crippen LogP contribution in [0.5, 0.6) is 11.5 Å². The van der Waals surface area contributed by atoms with Crippen LogP contribution in [0.1, 0.15) is 34.5 Å². The minimum atomic E-state index is -0.00582. The topological polar surface area (TPSA) is 56.6 Å². The molecule has 0 saturated carbocycles. The zero-order chi connectivity index (χ0) is 21.4. The van der Waals surface area contributed by atoms with Gasteiger partial charge in [-0.05, 0) is 61.1 Å². The number of carbonyl (C=O) groups excluding carboxylic acids is 1. The van der Waals surface area contributed by atoms with Crippen molar-refractivity contribution >= 4 is 5.91 Å². The average molecular weight is 418 g/mol. The van der Waals surface area contributed by atoms with Gasteiger partial charge in [0, 0.05) is 25.2 Å². The fraction of sp³-hybridized carbons (Fsp3) is 0.360. The molecule has 6 nitrogen and oxygen atoms in total. The molecule has 1 amide bonds. The first-order valence-electron chi connectivity index (χ1n) is 10.8. The predicted molar refractivity (Wildman–Crippen MR) is 117 cm³/mol. The van der Waals surface area contributed by atoms with Crippen molar-refractivity contribution in [2.24, 2.45) is 13.0 Å². The highest BCUT2D eigenvalue weighted by atomic mass is 16.7. The van der Waals surface area contributed by atoms with Gasteiger partial charge in [-0.2, -0.15) is 5.10 Å². The Morgan fingerprint density at radius 1 is 1.10 bits per heavy atom. The summed E-state index contributed by atoms with van der Waals surface area (Å²) in [5.41, 5.74) is 5.68. The van der Waals surface area contributed by atoms with E-state index in [0.717, 1.165) is 47.7 Å². The SMILES string of the molecule is Cc1cc(CN(Cc2ccc3c(c2)OCO3)C(=O)[C@H]2CCc3ccccc3C2)nn1C. The molecule has 0 saturated heterocycles. The van der Waals surface area contributed by atoms with Gasteiger partial charge in [0.2, 0.25) is 12.7 Å². The first-order valence-corrected chi connectivity index (χ1v) is 10.8. The second-order valence-electron chi connectivity index (χ2n) is 8.49. The van der Waals surface area contributed by atoms with Crippen LogP contribution in [0.3, 0.4) is 0 Å². The Hall–Kier alpha value is -3.28. The van der Waals surface area contributed by atoms with E-state index in [9.17, 15) is 4.79 Å². The lowest BCUT2D eigenvalue weighted by Crippen LogP contribution is -2.37. The summed E-state index contributed by atoms with van der Waals surface area (Å²) in [6, 6.07) is 16.4. The first kappa shape index (κ1) is 19.7. The minimum absolute atomic E-state index is 0.00582. The Morgan fingerprint density at radius 3 is 2.71 bits per heavy atom. The average Bonchev–Trinajstić information content (AvgIpc) is 3.37. The fourth-order valence-electron chi connectivity index (χ4n) is 4.55. The number of ether oxygens (including phenoxy) is 2. The van der Waals surface area contributed by atoms with Gasteiger partial charge in [0.15, 0.2) is 11.5 Å². The van der Waals surface area contributed by atoms with Gasteiger partial charge in [0.1, 0.15) is 0 Å². The van der Waals surface area contributed by atoms with Gasteiger partial charge in [0.25, 0.3) is 0 Å². The van der Waals surface area contributed by atoms with Crippen molar-refractivity contribution in [1.82, 2.24) is 14.7 Å². The molecule has 0 fully saturated rings. The zero-order valence-corrected chi connectivity index (χ0v) is 18.0. The molecule has 0 unspecified atom stereocenters. The van der Waals surface area contributed by atoms with Crippen molar-refractivity contribution in [3.63, 3.8) is 0 Å². The molecule has 0 spiro atoms. The Bertz CT molecular complexity index is 1100. The highest BCUT2D eigenvalue weighted by Crippen LogP contribution is 2.33. The van der Waals surface area contributed by atoms with Gasteiger partial charge >= 0.3 is 0 Å². The van der Waals surface area contributed by atoms with E-state index in [1.165, 1.54) is 11.1 Å². The first-order chi connectivity index (χ1) is 15.1. The monoisotopic (exact) mass is 417 g/mol. The lowest BCUT2D eigenvalue weighted by Gasteiger charge is -2.30. The van der Waals surface area contributed by atoms with E-state index in [1.807, 2.05) is 41.8 Å². The van der Waals surface area contributed by atoms with Crippen molar-refractivity contribution in [3.8, 4) is 11.5 Å². The maximum Gasteiger partial charge on any atom is 0.231 e. The number of fused-ring (bicyclic) bond motifs is 2. The molecule has 31 heavy (non-hydrogen) atoms. The van der Waals surface area contributed by atoms with E-state index in [4.69, 9.17) is 9.47 Å². The molecular weight excluding hydrogens is 390 g/mol. The maximum absolute atomic E-state index is 13.7. The number of amides is 1. The van der Waals surface area contributed by atoms with E-state index in [2.05, 4.69) is 35.4 Å². The van der Waals surface area contributed by atoms with Gasteiger partial charge < -0.3 is 14.4 Å². The van der Waals surface area contributed by atoms with Gasteiger partial charge in [-0.3, -0.25) is 9.48 Å². The molecule has 160 valence electrons. The highest BCUT2D eigenvalue weighted by Gasteiger charge is 2.29. The molecule has 2 heterocycles. The van der Waals surface area contributed by atoms with Crippen LogP contribution in [0, 0.1) is 12.8 Å². The predicted octanol–water partition coefficient (Wildman–Crippen LogP) is 3.79. The summed E-state index contributed by atoms with van der Waals surface area (Å²) in [5, 5.41) is 4.59. The minimum Gasteiger partial charge on any atom is -0.454 e. The van der Waals surface area contributed by atoms with Crippen molar-refractivity contribution in [2.75, 3.05) is 6.79 Å². The molecule has 3 aromatic rings. The van der Waals surface area contributed by atoms with E-state index in [0.29, 0.717) is 13.1 Å². The van der Waals surface area contributed by atoms with Crippen LogP contribution in [0.4, 0.5) is 0 Å². The van der Waals surface area contributed by atoms with Crippen molar-refractivity contribution in [1.29, 1.82) is 0 Å². The Kier molecular flexibility index (Phi) is 5.14. The molecule has 6 heteroatoms. The number of hydrogen-bond acceptors (Lipinski definition) is 4. The Balaban J connectivity index is 1.39. The third kappa shape index (κ3) is 4.02. The standard InChI is InChI=1S/C25H27N3O3/c1-17-11-22(26-27(17)2)15-28(14-18-7-10-23-24(12-18)31-16-30-23)25(29)21-9-8-19-5-3-4-6-20(19)13-21/h3-7,10-12,21H,8-9,13-16H2,1-2H3/t21-/m0/s1. The summed E-state index contributed by atoms with van der Waals surface area (Å²) < 4.78 is 12.8. The third-order valence-corrected chi connectivity index (χ3v) is 6.34. The lowest BCUT2D eigenvalue weighted by atomic mass is 9.83. The van der Waals surface area contributed by atoms with E-state index in [-0.39, 0.29) is 18.6 Å². The molecule has 1 aliphatic heterocycles. The summed E-state index contributed by atoms with van der Waals surface area (Å²) in [4.78, 5) is 15.6. The number of nitrogens with zero attached hydrogens (tertiary/aromatic N) is 3. The maximum atomic E-state index is 13.7. The van der Waals surface area contributed by atoms with E-state index >= 15 is 0 Å². The van der Waals surface area contributed by atoms with Crippen LogP contribution in [0.2, 0.25) is 0 Å². The molecular formula is C25H27N3O3. The second-order valence-corrected chi connectivity index (χ2v) is 8.49. The van der Waals surface area contributed by atoms with Crippen LogP contribution >= 0.6 is 0 Å². The highest BCUT2D eigenvalue weighted by molar-refractivity contribution is 5.79. The van der Waals surface area contributed by atoms with Gasteiger partial charge in [-0.25, -0.2) is 0 Å². The van der Waals surface area contributed by atoms with Crippen LogP contribution < -0.4 is 9.47 Å². The lowest BCUT2D eigenvalue weighted by molar-refractivity contribution is -0.137. The summed E-state index contributed by atoms with van der Waals surface area (Å²) >= 11 is 0. The number of carbonyl (C=O) groups is 1. The summed E-state index contributed by atoms with van der Waals surface area (Å²) in [7, 11) is 1.93. The van der Waals surface area contributed by atoms with Gasteiger partial charge in [-0.1, -0.05) is 30.3 Å². The van der Waals surface area contributed by atoms with Crippen LogP contribution in [0.25, 0.3) is 0 Å². The van der Waals surface area contributed by atoms with Crippen molar-refractivity contribution < 1.29 is 14.3 Å². The van der Waals surface area contributed by atoms with Crippen molar-refractivity contribution in [2.45, 2.75) is 39.3 Å². The summed E-state index contributed by atoms with van der Waals surface area (Å²) in [6.07, 6.45) is 2.63. The molecule has 1 aliphatic carbocycles. The normalized spacial score (nSPS) is 16.8. The molecule has 0 N–H and O–H groups in total. The van der Waals surface area contributed by atoms with E-state index < -0.39 is 0 Å². The number of hydrogen-bond donors (Lipinski definition) is 0. The third-order valence-electron chi connectivity index (χ3n) is 6.34. The van der Waals surface area contributed by atoms with Crippen LogP contribution in [-0.2, 0) is 37.8 Å². The van der Waals surface area contributed by atoms with Crippen LogP contribution in [-0.4, -0.2) is 27.4 Å². The van der Waals surface area contributed by atoms with E-state index in [1.54, 1.807) is 0 Å². The number of benzene rings is 2. The fourth-order valence-corrected chi connectivity index (χ4v) is 4.55. The summed E-state index contributed by atoms with van der Waals surface area (Å²) in [5.74, 6) is 1.68. The van der Waals surface area contributed by atoms with Gasteiger partial charge in [-0.15, -0.1) is 0 Å². The molecule has 2 aromatic carbocycles. The largest absolute Gasteiger partial charge is 0.454 e. The quantitative estimate of drug-likeness (QED) is 0.634. The van der Waals surface area contributed by atoms with Crippen LogP contribution in [0.15, 0.2) is 48.5 Å². The second kappa shape index (κ2) is 8.10. The molecule has 1 atom stereocenters. The Labute approximate surface area is 182 Å². The number of aromatic nitrogens is 2. The molecule has 2 aliphatic rings. The smallest absolute Gasteiger partial charge is 0.231 e. The number of rotatable bonds is 5. The van der Waals surface area contributed by atoms with Gasteiger partial charge in [0.05, 0.1) is 12.2 Å². The van der Waals surface area contributed by atoms with Crippen molar-refractivity contribution in [3.05, 3.63) is 76.6 Å². The number of aryl methyl sites for hydroxylation is 3. The summed E-state index contributed by atoms with van der Waals surface area (Å²) in [6.45, 7) is 3.28. The Morgan fingerprint density at radius 2 is 1.90 bits per heavy atom.